The number of rotatable bonds is 6. The highest BCUT2D eigenvalue weighted by Gasteiger charge is 2.14. The quantitative estimate of drug-likeness (QED) is 0.719. The summed E-state index contributed by atoms with van der Waals surface area (Å²) in [6.45, 7) is 6.17. The zero-order chi connectivity index (χ0) is 17.8. The minimum absolute atomic E-state index is 0.653. The van der Waals surface area contributed by atoms with Crippen molar-refractivity contribution >= 4 is 28.6 Å². The highest BCUT2D eigenvalue weighted by atomic mass is 35.5. The molecule has 0 aliphatic carbocycles. The SMILES string of the molecule is Clc1ccccc1CNc1nc2ccccc2n1CCN1CCOCC1. The minimum Gasteiger partial charge on any atom is -0.379 e. The predicted molar refractivity (Wildman–Crippen MR) is 106 cm³/mol. The first-order valence-electron chi connectivity index (χ1n) is 9.04. The maximum atomic E-state index is 6.29. The average Bonchev–Trinajstić information content (AvgIpc) is 3.04. The summed E-state index contributed by atoms with van der Waals surface area (Å²) < 4.78 is 7.71. The smallest absolute Gasteiger partial charge is 0.204 e. The van der Waals surface area contributed by atoms with E-state index in [1.54, 1.807) is 0 Å². The van der Waals surface area contributed by atoms with E-state index in [9.17, 15) is 0 Å². The lowest BCUT2D eigenvalue weighted by atomic mass is 10.2. The lowest BCUT2D eigenvalue weighted by molar-refractivity contribution is 0.0366. The van der Waals surface area contributed by atoms with E-state index in [4.69, 9.17) is 21.3 Å². The Hall–Kier alpha value is -2.08. The highest BCUT2D eigenvalue weighted by Crippen LogP contribution is 2.22. The Kier molecular flexibility index (Phi) is 5.39. The third-order valence-corrected chi connectivity index (χ3v) is 5.16. The Morgan fingerprint density at radius 1 is 1.00 bits per heavy atom. The number of ether oxygens (including phenoxy) is 1. The Morgan fingerprint density at radius 3 is 2.62 bits per heavy atom. The van der Waals surface area contributed by atoms with Gasteiger partial charge >= 0.3 is 0 Å². The number of hydrogen-bond donors (Lipinski definition) is 1. The van der Waals surface area contributed by atoms with E-state index in [1.807, 2.05) is 30.3 Å². The molecule has 0 saturated carbocycles. The van der Waals surface area contributed by atoms with Gasteiger partial charge in [0.25, 0.3) is 0 Å². The fourth-order valence-corrected chi connectivity index (χ4v) is 3.52. The van der Waals surface area contributed by atoms with Crippen molar-refractivity contribution in [3.63, 3.8) is 0 Å². The molecule has 5 nitrogen and oxygen atoms in total. The first-order chi connectivity index (χ1) is 12.8. The van der Waals surface area contributed by atoms with Crippen molar-refractivity contribution in [3.8, 4) is 0 Å². The van der Waals surface area contributed by atoms with Gasteiger partial charge in [-0.05, 0) is 23.8 Å². The molecule has 1 aliphatic rings. The van der Waals surface area contributed by atoms with Gasteiger partial charge in [0, 0.05) is 37.7 Å². The summed E-state index contributed by atoms with van der Waals surface area (Å²) >= 11 is 6.29. The molecular weight excluding hydrogens is 348 g/mol. The number of nitrogens with zero attached hydrogens (tertiary/aromatic N) is 3. The summed E-state index contributed by atoms with van der Waals surface area (Å²) in [6.07, 6.45) is 0. The van der Waals surface area contributed by atoms with Crippen LogP contribution in [0.5, 0.6) is 0 Å². The molecule has 0 radical (unpaired) electrons. The average molecular weight is 371 g/mol. The summed E-state index contributed by atoms with van der Waals surface area (Å²) in [4.78, 5) is 7.23. The molecule has 2 aromatic carbocycles. The van der Waals surface area contributed by atoms with Crippen LogP contribution in [0.1, 0.15) is 5.56 Å². The van der Waals surface area contributed by atoms with Crippen molar-refractivity contribution in [3.05, 3.63) is 59.1 Å². The fourth-order valence-electron chi connectivity index (χ4n) is 3.32. The number of benzene rings is 2. The maximum absolute atomic E-state index is 6.29. The molecule has 4 rings (SSSR count). The van der Waals surface area contributed by atoms with E-state index >= 15 is 0 Å². The summed E-state index contributed by atoms with van der Waals surface area (Å²) in [5.41, 5.74) is 3.24. The molecule has 0 amide bonds. The molecule has 1 aliphatic heterocycles. The Balaban J connectivity index is 1.54. The zero-order valence-corrected chi connectivity index (χ0v) is 15.5. The first kappa shape index (κ1) is 17.3. The molecule has 0 atom stereocenters. The van der Waals surface area contributed by atoms with Crippen LogP contribution in [0.2, 0.25) is 5.02 Å². The zero-order valence-electron chi connectivity index (χ0n) is 14.7. The van der Waals surface area contributed by atoms with Crippen molar-refractivity contribution in [1.29, 1.82) is 0 Å². The van der Waals surface area contributed by atoms with Crippen molar-refractivity contribution in [1.82, 2.24) is 14.5 Å². The fraction of sp³-hybridized carbons (Fsp3) is 0.350. The summed E-state index contributed by atoms with van der Waals surface area (Å²) in [6, 6.07) is 16.2. The third kappa shape index (κ3) is 3.85. The van der Waals surface area contributed by atoms with E-state index in [1.165, 1.54) is 0 Å². The Bertz CT molecular complexity index is 873. The van der Waals surface area contributed by atoms with Gasteiger partial charge in [0.2, 0.25) is 5.95 Å². The summed E-state index contributed by atoms with van der Waals surface area (Å²) in [5, 5.41) is 4.25. The Labute approximate surface area is 158 Å². The van der Waals surface area contributed by atoms with Gasteiger partial charge in [-0.1, -0.05) is 41.9 Å². The third-order valence-electron chi connectivity index (χ3n) is 4.79. The van der Waals surface area contributed by atoms with Crippen molar-refractivity contribution in [2.24, 2.45) is 0 Å². The van der Waals surface area contributed by atoms with Crippen molar-refractivity contribution < 1.29 is 4.74 Å². The van der Waals surface area contributed by atoms with Gasteiger partial charge in [0.15, 0.2) is 0 Å². The maximum Gasteiger partial charge on any atom is 0.204 e. The van der Waals surface area contributed by atoms with Gasteiger partial charge in [0.05, 0.1) is 24.2 Å². The highest BCUT2D eigenvalue weighted by molar-refractivity contribution is 6.31. The second-order valence-corrected chi connectivity index (χ2v) is 6.88. The molecule has 1 aromatic heterocycles. The molecule has 1 fully saturated rings. The second-order valence-electron chi connectivity index (χ2n) is 6.47. The van der Waals surface area contributed by atoms with E-state index in [0.29, 0.717) is 6.54 Å². The molecule has 2 heterocycles. The predicted octanol–water partition coefficient (Wildman–Crippen LogP) is 3.63. The molecule has 26 heavy (non-hydrogen) atoms. The molecule has 0 bridgehead atoms. The molecule has 6 heteroatoms. The van der Waals surface area contributed by atoms with Crippen LogP contribution in [-0.4, -0.2) is 47.3 Å². The van der Waals surface area contributed by atoms with Gasteiger partial charge in [-0.2, -0.15) is 0 Å². The number of nitrogens with one attached hydrogen (secondary N) is 1. The van der Waals surface area contributed by atoms with Crippen LogP contribution >= 0.6 is 11.6 Å². The standard InChI is InChI=1S/C20H23ClN4O/c21-17-6-2-1-5-16(17)15-22-20-23-18-7-3-4-8-19(18)25(20)10-9-24-11-13-26-14-12-24/h1-8H,9-15H2,(H,22,23). The van der Waals surface area contributed by atoms with E-state index in [-0.39, 0.29) is 0 Å². The number of halogens is 1. The number of morpholine rings is 1. The Morgan fingerprint density at radius 2 is 1.77 bits per heavy atom. The van der Waals surface area contributed by atoms with Gasteiger partial charge in [-0.25, -0.2) is 4.98 Å². The number of para-hydroxylation sites is 2. The summed E-state index contributed by atoms with van der Waals surface area (Å²) in [7, 11) is 0. The van der Waals surface area contributed by atoms with Crippen LogP contribution in [0.25, 0.3) is 11.0 Å². The van der Waals surface area contributed by atoms with Crippen molar-refractivity contribution in [2.45, 2.75) is 13.1 Å². The molecule has 1 saturated heterocycles. The van der Waals surface area contributed by atoms with E-state index in [2.05, 4.69) is 33.0 Å². The van der Waals surface area contributed by atoms with Gasteiger partial charge in [-0.15, -0.1) is 0 Å². The van der Waals surface area contributed by atoms with E-state index < -0.39 is 0 Å². The summed E-state index contributed by atoms with van der Waals surface area (Å²) in [5.74, 6) is 0.888. The van der Waals surface area contributed by atoms with Crippen LogP contribution in [0, 0.1) is 0 Å². The van der Waals surface area contributed by atoms with Crippen LogP contribution in [0.15, 0.2) is 48.5 Å². The normalized spacial score (nSPS) is 15.4. The van der Waals surface area contributed by atoms with Crippen molar-refractivity contribution in [2.75, 3.05) is 38.2 Å². The first-order valence-corrected chi connectivity index (χ1v) is 9.42. The van der Waals surface area contributed by atoms with Gasteiger partial charge < -0.3 is 14.6 Å². The topological polar surface area (TPSA) is 42.3 Å². The minimum atomic E-state index is 0.653. The second kappa shape index (κ2) is 8.08. The number of fused-ring (bicyclic) bond motifs is 1. The number of imidazole rings is 1. The number of hydrogen-bond acceptors (Lipinski definition) is 4. The molecule has 0 spiro atoms. The van der Waals surface area contributed by atoms with E-state index in [0.717, 1.165) is 67.0 Å². The van der Waals surface area contributed by atoms with Crippen LogP contribution < -0.4 is 5.32 Å². The van der Waals surface area contributed by atoms with Gasteiger partial charge in [-0.3, -0.25) is 4.90 Å². The van der Waals surface area contributed by atoms with Crippen LogP contribution in [0.3, 0.4) is 0 Å². The largest absolute Gasteiger partial charge is 0.379 e. The van der Waals surface area contributed by atoms with Crippen LogP contribution in [-0.2, 0) is 17.8 Å². The monoisotopic (exact) mass is 370 g/mol. The molecule has 3 aromatic rings. The number of aromatic nitrogens is 2. The lowest BCUT2D eigenvalue weighted by Gasteiger charge is -2.27. The van der Waals surface area contributed by atoms with Crippen LogP contribution in [0.4, 0.5) is 5.95 Å². The van der Waals surface area contributed by atoms with Gasteiger partial charge in [0.1, 0.15) is 0 Å². The molecule has 1 N–H and O–H groups in total. The molecular formula is C20H23ClN4O. The molecule has 0 unspecified atom stereocenters. The number of anilines is 1. The lowest BCUT2D eigenvalue weighted by Crippen LogP contribution is -2.38. The molecule has 136 valence electrons.